The summed E-state index contributed by atoms with van der Waals surface area (Å²) < 4.78 is 12.3. The number of rotatable bonds is 6. The summed E-state index contributed by atoms with van der Waals surface area (Å²) in [5, 5.41) is 2.74. The van der Waals surface area contributed by atoms with Crippen LogP contribution in [0.1, 0.15) is 50.4 Å². The van der Waals surface area contributed by atoms with Gasteiger partial charge in [0, 0.05) is 18.2 Å². The van der Waals surface area contributed by atoms with Crippen molar-refractivity contribution < 1.29 is 14.3 Å². The molecule has 2 bridgehead atoms. The van der Waals surface area contributed by atoms with Crippen LogP contribution >= 0.6 is 0 Å². The van der Waals surface area contributed by atoms with Crippen LogP contribution in [-0.4, -0.2) is 47.2 Å². The van der Waals surface area contributed by atoms with Gasteiger partial charge in [0.25, 0.3) is 11.5 Å². The number of amides is 1. The molecule has 2 aliphatic rings. The lowest BCUT2D eigenvalue weighted by Crippen LogP contribution is -2.38. The molecule has 36 heavy (non-hydrogen) atoms. The first kappa shape index (κ1) is 24.3. The van der Waals surface area contributed by atoms with Crippen molar-refractivity contribution in [3.05, 3.63) is 58.4 Å². The first-order valence-corrected chi connectivity index (χ1v) is 12.4. The Morgan fingerprint density at radius 1 is 1.08 bits per heavy atom. The molecule has 5 rings (SSSR count). The van der Waals surface area contributed by atoms with Crippen LogP contribution in [0, 0.1) is 10.8 Å². The minimum atomic E-state index is -0.436. The highest BCUT2D eigenvalue weighted by Gasteiger charge is 2.49. The fourth-order valence-electron chi connectivity index (χ4n) is 6.50. The fraction of sp³-hybridized carbons (Fsp3) is 0.464. The SMILES string of the molecule is COc1ccc(C(=O)Nc2nc3ccccc3n(CN3CC4(C)CC3CC(C)(C)C4)c2=O)cc1OC. The number of anilines is 1. The third-order valence-corrected chi connectivity index (χ3v) is 7.58. The number of methoxy groups -OCH3 is 2. The van der Waals surface area contributed by atoms with E-state index >= 15 is 0 Å². The van der Waals surface area contributed by atoms with E-state index in [4.69, 9.17) is 9.47 Å². The molecule has 190 valence electrons. The van der Waals surface area contributed by atoms with Gasteiger partial charge in [-0.25, -0.2) is 4.98 Å². The molecule has 8 heteroatoms. The normalized spacial score (nSPS) is 23.0. The Morgan fingerprint density at radius 2 is 1.83 bits per heavy atom. The summed E-state index contributed by atoms with van der Waals surface area (Å²) in [7, 11) is 3.05. The maximum atomic E-state index is 13.7. The standard InChI is InChI=1S/C28H34N4O4/c1-27(2)13-19-14-28(3,15-27)16-31(19)17-32-21-9-7-6-8-20(21)29-24(26(32)34)30-25(33)18-10-11-22(35-4)23(12-18)36-5/h6-12,19H,13-17H2,1-5H3,(H,29,30,33). The molecule has 0 spiro atoms. The van der Waals surface area contributed by atoms with Gasteiger partial charge in [0.2, 0.25) is 0 Å². The molecule has 2 fully saturated rings. The maximum Gasteiger partial charge on any atom is 0.295 e. The zero-order valence-corrected chi connectivity index (χ0v) is 21.6. The highest BCUT2D eigenvalue weighted by Crippen LogP contribution is 2.52. The van der Waals surface area contributed by atoms with Crippen molar-refractivity contribution in [3.63, 3.8) is 0 Å². The van der Waals surface area contributed by atoms with Crippen molar-refractivity contribution in [2.45, 2.75) is 52.7 Å². The van der Waals surface area contributed by atoms with E-state index in [0.29, 0.717) is 35.3 Å². The number of para-hydroxylation sites is 2. The summed E-state index contributed by atoms with van der Waals surface area (Å²) >= 11 is 0. The molecule has 2 unspecified atom stereocenters. The first-order valence-electron chi connectivity index (χ1n) is 12.4. The van der Waals surface area contributed by atoms with Gasteiger partial charge in [0.05, 0.1) is 31.9 Å². The van der Waals surface area contributed by atoms with Crippen molar-refractivity contribution in [2.75, 3.05) is 26.1 Å². The summed E-state index contributed by atoms with van der Waals surface area (Å²) in [5.41, 5.74) is 2.00. The van der Waals surface area contributed by atoms with E-state index in [9.17, 15) is 9.59 Å². The quantitative estimate of drug-likeness (QED) is 0.547. The minimum absolute atomic E-state index is 0.0159. The topological polar surface area (TPSA) is 85.7 Å². The number of likely N-dealkylation sites (tertiary alicyclic amines) is 1. The lowest BCUT2D eigenvalue weighted by Gasteiger charge is -2.40. The van der Waals surface area contributed by atoms with Crippen LogP contribution in [0.15, 0.2) is 47.3 Å². The summed E-state index contributed by atoms with van der Waals surface area (Å²) in [6.07, 6.45) is 3.45. The van der Waals surface area contributed by atoms with Crippen LogP contribution in [0.2, 0.25) is 0 Å². The molecular formula is C28H34N4O4. The third-order valence-electron chi connectivity index (χ3n) is 7.58. The molecule has 3 aromatic rings. The van der Waals surface area contributed by atoms with Crippen molar-refractivity contribution in [1.82, 2.24) is 14.5 Å². The van der Waals surface area contributed by atoms with Crippen molar-refractivity contribution in [3.8, 4) is 11.5 Å². The highest BCUT2D eigenvalue weighted by atomic mass is 16.5. The maximum absolute atomic E-state index is 13.7. The number of aromatic nitrogens is 2. The largest absolute Gasteiger partial charge is 0.493 e. The van der Waals surface area contributed by atoms with Gasteiger partial charge in [-0.05, 0) is 60.4 Å². The zero-order chi connectivity index (χ0) is 25.7. The predicted octanol–water partition coefficient (Wildman–Crippen LogP) is 4.52. The van der Waals surface area contributed by atoms with Gasteiger partial charge in [-0.2, -0.15) is 0 Å². The number of ether oxygens (including phenoxy) is 2. The number of hydrogen-bond acceptors (Lipinski definition) is 6. The first-order chi connectivity index (χ1) is 17.1. The third kappa shape index (κ3) is 4.46. The fourth-order valence-corrected chi connectivity index (χ4v) is 6.50. The predicted molar refractivity (Wildman–Crippen MR) is 140 cm³/mol. The second-order valence-electron chi connectivity index (χ2n) is 11.3. The molecule has 1 aliphatic carbocycles. The van der Waals surface area contributed by atoms with Gasteiger partial charge >= 0.3 is 0 Å². The molecule has 0 radical (unpaired) electrons. The number of benzene rings is 2. The second-order valence-corrected chi connectivity index (χ2v) is 11.3. The number of carbonyl (C=O) groups is 1. The van der Waals surface area contributed by atoms with Gasteiger partial charge in [-0.15, -0.1) is 0 Å². The molecule has 2 heterocycles. The van der Waals surface area contributed by atoms with E-state index in [1.54, 1.807) is 22.8 Å². The van der Waals surface area contributed by atoms with Gasteiger partial charge in [-0.3, -0.25) is 19.1 Å². The lowest BCUT2D eigenvalue weighted by atomic mass is 9.65. The molecule has 1 N–H and O–H groups in total. The Hall–Kier alpha value is -3.39. The Labute approximate surface area is 211 Å². The molecule has 1 amide bonds. The van der Waals surface area contributed by atoms with Gasteiger partial charge in [-0.1, -0.05) is 32.9 Å². The lowest BCUT2D eigenvalue weighted by molar-refractivity contribution is 0.102. The Kier molecular flexibility index (Phi) is 6.03. The Morgan fingerprint density at radius 3 is 2.58 bits per heavy atom. The molecule has 8 nitrogen and oxygen atoms in total. The average Bonchev–Trinajstić information content (AvgIpc) is 3.08. The summed E-state index contributed by atoms with van der Waals surface area (Å²) in [5.74, 6) is 0.536. The van der Waals surface area contributed by atoms with E-state index in [-0.39, 0.29) is 22.2 Å². The van der Waals surface area contributed by atoms with Crippen molar-refractivity contribution in [2.24, 2.45) is 10.8 Å². The molecule has 2 aromatic carbocycles. The van der Waals surface area contributed by atoms with Crippen molar-refractivity contribution >= 4 is 22.8 Å². The van der Waals surface area contributed by atoms with Gasteiger partial charge < -0.3 is 14.8 Å². The number of fused-ring (bicyclic) bond motifs is 3. The van der Waals surface area contributed by atoms with Crippen LogP contribution < -0.4 is 20.3 Å². The summed E-state index contributed by atoms with van der Waals surface area (Å²) in [6, 6.07) is 12.9. The van der Waals surface area contributed by atoms with Crippen LogP contribution in [0.3, 0.4) is 0 Å². The molecule has 1 saturated carbocycles. The number of nitrogens with zero attached hydrogens (tertiary/aromatic N) is 3. The monoisotopic (exact) mass is 490 g/mol. The minimum Gasteiger partial charge on any atom is -0.493 e. The summed E-state index contributed by atoms with van der Waals surface area (Å²) in [4.78, 5) is 33.7. The van der Waals surface area contributed by atoms with E-state index in [1.807, 2.05) is 24.3 Å². The van der Waals surface area contributed by atoms with E-state index < -0.39 is 5.91 Å². The molecule has 1 aliphatic heterocycles. The summed E-state index contributed by atoms with van der Waals surface area (Å²) in [6.45, 7) is 8.48. The zero-order valence-electron chi connectivity index (χ0n) is 21.6. The number of hydrogen-bond donors (Lipinski definition) is 1. The van der Waals surface area contributed by atoms with Crippen LogP contribution in [0.5, 0.6) is 11.5 Å². The average molecular weight is 491 g/mol. The van der Waals surface area contributed by atoms with E-state index in [2.05, 4.69) is 36.0 Å². The van der Waals surface area contributed by atoms with Crippen LogP contribution in [-0.2, 0) is 6.67 Å². The van der Waals surface area contributed by atoms with Gasteiger partial charge in [0.1, 0.15) is 0 Å². The molecule has 1 saturated heterocycles. The second kappa shape index (κ2) is 8.92. The van der Waals surface area contributed by atoms with E-state index in [1.165, 1.54) is 20.6 Å². The van der Waals surface area contributed by atoms with Gasteiger partial charge in [0.15, 0.2) is 17.3 Å². The van der Waals surface area contributed by atoms with E-state index in [0.717, 1.165) is 24.9 Å². The smallest absolute Gasteiger partial charge is 0.295 e. The molecular weight excluding hydrogens is 456 g/mol. The van der Waals surface area contributed by atoms with Crippen LogP contribution in [0.4, 0.5) is 5.82 Å². The Bertz CT molecular complexity index is 1380. The molecule has 2 atom stereocenters. The van der Waals surface area contributed by atoms with Crippen LogP contribution in [0.25, 0.3) is 11.0 Å². The highest BCUT2D eigenvalue weighted by molar-refractivity contribution is 6.04. The number of carbonyl (C=O) groups excluding carboxylic acids is 1. The molecule has 1 aromatic heterocycles. The number of nitrogens with one attached hydrogen (secondary N) is 1. The Balaban J connectivity index is 1.48. The van der Waals surface area contributed by atoms with Crippen molar-refractivity contribution in [1.29, 1.82) is 0 Å².